The van der Waals surface area contributed by atoms with E-state index in [1.807, 2.05) is 38.4 Å². The van der Waals surface area contributed by atoms with Crippen molar-refractivity contribution in [3.8, 4) is 11.5 Å². The summed E-state index contributed by atoms with van der Waals surface area (Å²) in [5.41, 5.74) is 0.708. The smallest absolute Gasteiger partial charge is 0.270 e. The fraction of sp³-hybridized carbons (Fsp3) is 0.368. The van der Waals surface area contributed by atoms with Gasteiger partial charge in [-0.3, -0.25) is 9.69 Å². The molecule has 0 aliphatic carbocycles. The Morgan fingerprint density at radius 1 is 1.07 bits per heavy atom. The first-order valence-corrected chi connectivity index (χ1v) is 11.1. The SMILES string of the molecule is COc1ccc(OC)c2sc(N(CCCN(C)C)C(=O)c3ccc(Br)s3)nc12. The van der Waals surface area contributed by atoms with E-state index < -0.39 is 0 Å². The van der Waals surface area contributed by atoms with Crippen LogP contribution in [-0.4, -0.2) is 57.2 Å². The molecule has 2 heterocycles. The highest BCUT2D eigenvalue weighted by molar-refractivity contribution is 9.11. The van der Waals surface area contributed by atoms with Crippen LogP contribution >= 0.6 is 38.6 Å². The van der Waals surface area contributed by atoms with Gasteiger partial charge in [-0.05, 0) is 67.3 Å². The van der Waals surface area contributed by atoms with E-state index in [1.54, 1.807) is 19.1 Å². The zero-order valence-corrected chi connectivity index (χ0v) is 19.4. The molecule has 0 spiro atoms. The predicted molar refractivity (Wildman–Crippen MR) is 120 cm³/mol. The standard InChI is InChI=1S/C19H22BrN3O3S2/c1-22(2)10-5-11-23(18(24)14-8-9-15(20)27-14)19-21-16-12(25-3)6-7-13(26-4)17(16)28-19/h6-9H,5,10-11H2,1-4H3. The number of amides is 1. The van der Waals surface area contributed by atoms with E-state index in [9.17, 15) is 4.79 Å². The molecule has 6 nitrogen and oxygen atoms in total. The van der Waals surface area contributed by atoms with Crippen molar-refractivity contribution >= 4 is 59.9 Å². The number of ether oxygens (including phenoxy) is 2. The lowest BCUT2D eigenvalue weighted by Crippen LogP contribution is -2.32. The van der Waals surface area contributed by atoms with Crippen molar-refractivity contribution in [2.24, 2.45) is 0 Å². The molecule has 0 radical (unpaired) electrons. The molecule has 1 aromatic carbocycles. The van der Waals surface area contributed by atoms with Gasteiger partial charge in [-0.15, -0.1) is 11.3 Å². The highest BCUT2D eigenvalue weighted by Crippen LogP contribution is 2.40. The van der Waals surface area contributed by atoms with E-state index in [2.05, 4.69) is 20.8 Å². The van der Waals surface area contributed by atoms with Crippen molar-refractivity contribution in [2.45, 2.75) is 6.42 Å². The number of carbonyl (C=O) groups is 1. The Kier molecular flexibility index (Phi) is 6.92. The minimum absolute atomic E-state index is 0.0496. The summed E-state index contributed by atoms with van der Waals surface area (Å²) in [6.45, 7) is 1.46. The second-order valence-corrected chi connectivity index (χ2v) is 9.80. The molecule has 150 valence electrons. The van der Waals surface area contributed by atoms with Crippen LogP contribution < -0.4 is 14.4 Å². The number of methoxy groups -OCH3 is 2. The Bertz CT molecular complexity index is 930. The van der Waals surface area contributed by atoms with Crippen molar-refractivity contribution in [3.05, 3.63) is 32.9 Å². The number of aromatic nitrogens is 1. The highest BCUT2D eigenvalue weighted by Gasteiger charge is 2.24. The maximum absolute atomic E-state index is 13.2. The fourth-order valence-corrected chi connectivity index (χ4v) is 5.21. The average Bonchev–Trinajstić information content (AvgIpc) is 3.30. The quantitative estimate of drug-likeness (QED) is 0.463. The highest BCUT2D eigenvalue weighted by atomic mass is 79.9. The topological polar surface area (TPSA) is 54.9 Å². The van der Waals surface area contributed by atoms with Gasteiger partial charge in [0, 0.05) is 6.54 Å². The third-order valence-electron chi connectivity index (χ3n) is 4.15. The summed E-state index contributed by atoms with van der Waals surface area (Å²) in [4.78, 5) is 22.5. The number of carbonyl (C=O) groups excluding carboxylic acids is 1. The van der Waals surface area contributed by atoms with Crippen molar-refractivity contribution in [2.75, 3.05) is 46.3 Å². The molecule has 0 saturated heterocycles. The van der Waals surface area contributed by atoms with Gasteiger partial charge in [0.25, 0.3) is 5.91 Å². The monoisotopic (exact) mass is 483 g/mol. The first-order chi connectivity index (χ1) is 13.4. The number of fused-ring (bicyclic) bond motifs is 1. The van der Waals surface area contributed by atoms with Gasteiger partial charge in [0.2, 0.25) is 0 Å². The zero-order chi connectivity index (χ0) is 20.3. The first-order valence-electron chi connectivity index (χ1n) is 8.68. The van der Waals surface area contributed by atoms with Crippen LogP contribution in [0.25, 0.3) is 10.2 Å². The number of halogens is 1. The molecule has 9 heteroatoms. The Balaban J connectivity index is 2.02. The number of anilines is 1. The third-order valence-corrected chi connectivity index (χ3v) is 6.85. The van der Waals surface area contributed by atoms with Gasteiger partial charge in [-0.2, -0.15) is 0 Å². The van der Waals surface area contributed by atoms with Gasteiger partial charge in [0.1, 0.15) is 21.7 Å². The molecule has 0 saturated carbocycles. The Labute approximate surface area is 180 Å². The molecule has 28 heavy (non-hydrogen) atoms. The predicted octanol–water partition coefficient (Wildman–Crippen LogP) is 4.74. The van der Waals surface area contributed by atoms with Crippen LogP contribution in [0.5, 0.6) is 11.5 Å². The summed E-state index contributed by atoms with van der Waals surface area (Å²) in [6.07, 6.45) is 0.843. The maximum Gasteiger partial charge on any atom is 0.270 e. The summed E-state index contributed by atoms with van der Waals surface area (Å²) >= 11 is 6.30. The normalized spacial score (nSPS) is 11.2. The lowest BCUT2D eigenvalue weighted by Gasteiger charge is -2.20. The lowest BCUT2D eigenvalue weighted by molar-refractivity contribution is 0.0990. The number of hydrogen-bond acceptors (Lipinski definition) is 7. The van der Waals surface area contributed by atoms with Gasteiger partial charge in [0.05, 0.1) is 22.9 Å². The largest absolute Gasteiger partial charge is 0.495 e. The molecule has 3 rings (SSSR count). The lowest BCUT2D eigenvalue weighted by atomic mass is 10.3. The van der Waals surface area contributed by atoms with Gasteiger partial charge in [-0.25, -0.2) is 4.98 Å². The first kappa shape index (κ1) is 21.0. The summed E-state index contributed by atoms with van der Waals surface area (Å²) in [5.74, 6) is 1.34. The molecule has 0 atom stereocenters. The number of thiophene rings is 1. The summed E-state index contributed by atoms with van der Waals surface area (Å²) in [7, 11) is 7.29. The van der Waals surface area contributed by atoms with Gasteiger partial charge in [0.15, 0.2) is 5.13 Å². The summed E-state index contributed by atoms with van der Waals surface area (Å²) in [6, 6.07) is 7.42. The summed E-state index contributed by atoms with van der Waals surface area (Å²) < 4.78 is 12.7. The van der Waals surface area contributed by atoms with Crippen molar-refractivity contribution in [1.82, 2.24) is 9.88 Å². The van der Waals surface area contributed by atoms with Crippen molar-refractivity contribution in [1.29, 1.82) is 0 Å². The molecule has 1 amide bonds. The van der Waals surface area contributed by atoms with Crippen LogP contribution in [0.2, 0.25) is 0 Å². The average molecular weight is 484 g/mol. The van der Waals surface area contributed by atoms with E-state index in [0.29, 0.717) is 27.8 Å². The Hall–Kier alpha value is -1.68. The van der Waals surface area contributed by atoms with E-state index in [-0.39, 0.29) is 5.91 Å². The Morgan fingerprint density at radius 2 is 1.79 bits per heavy atom. The van der Waals surface area contributed by atoms with Crippen LogP contribution in [0, 0.1) is 0 Å². The van der Waals surface area contributed by atoms with E-state index in [4.69, 9.17) is 14.5 Å². The van der Waals surface area contributed by atoms with Gasteiger partial charge >= 0.3 is 0 Å². The van der Waals surface area contributed by atoms with E-state index in [0.717, 1.165) is 27.2 Å². The number of hydrogen-bond donors (Lipinski definition) is 0. The van der Waals surface area contributed by atoms with E-state index >= 15 is 0 Å². The van der Waals surface area contributed by atoms with Crippen LogP contribution in [0.3, 0.4) is 0 Å². The van der Waals surface area contributed by atoms with Crippen LogP contribution in [-0.2, 0) is 0 Å². The van der Waals surface area contributed by atoms with Crippen molar-refractivity contribution in [3.63, 3.8) is 0 Å². The van der Waals surface area contributed by atoms with Crippen LogP contribution in [0.4, 0.5) is 5.13 Å². The molecule has 3 aromatic rings. The van der Waals surface area contributed by atoms with Crippen LogP contribution in [0.1, 0.15) is 16.1 Å². The molecular formula is C19H22BrN3O3S2. The second kappa shape index (κ2) is 9.21. The fourth-order valence-electron chi connectivity index (χ4n) is 2.78. The third kappa shape index (κ3) is 4.48. The number of thiazole rings is 1. The van der Waals surface area contributed by atoms with Crippen LogP contribution in [0.15, 0.2) is 28.1 Å². The minimum Gasteiger partial charge on any atom is -0.495 e. The molecule has 0 N–H and O–H groups in total. The number of nitrogens with zero attached hydrogens (tertiary/aromatic N) is 3. The molecule has 0 aliphatic heterocycles. The zero-order valence-electron chi connectivity index (χ0n) is 16.2. The Morgan fingerprint density at radius 3 is 2.39 bits per heavy atom. The van der Waals surface area contributed by atoms with Crippen molar-refractivity contribution < 1.29 is 14.3 Å². The molecular weight excluding hydrogens is 462 g/mol. The number of rotatable bonds is 8. The summed E-state index contributed by atoms with van der Waals surface area (Å²) in [5, 5.41) is 0.645. The minimum atomic E-state index is -0.0496. The maximum atomic E-state index is 13.2. The van der Waals surface area contributed by atoms with Gasteiger partial charge in [-0.1, -0.05) is 11.3 Å². The molecule has 0 bridgehead atoms. The molecule has 0 fully saturated rings. The van der Waals surface area contributed by atoms with Gasteiger partial charge < -0.3 is 14.4 Å². The van der Waals surface area contributed by atoms with E-state index in [1.165, 1.54) is 22.7 Å². The molecule has 0 unspecified atom stereocenters. The molecule has 0 aliphatic rings. The second-order valence-electron chi connectivity index (χ2n) is 6.36. The number of benzene rings is 1. The molecule has 2 aromatic heterocycles.